The summed E-state index contributed by atoms with van der Waals surface area (Å²) in [6.07, 6.45) is 0.229. The number of esters is 2. The van der Waals surface area contributed by atoms with Crippen LogP contribution in [0.4, 0.5) is 0 Å². The summed E-state index contributed by atoms with van der Waals surface area (Å²) in [4.78, 5) is 22.7. The largest absolute Gasteiger partial charge is 0.460 e. The van der Waals surface area contributed by atoms with Gasteiger partial charge >= 0.3 is 11.9 Å². The Bertz CT molecular complexity index is 652. The van der Waals surface area contributed by atoms with Gasteiger partial charge in [-0.2, -0.15) is 0 Å². The highest BCUT2D eigenvalue weighted by atomic mass is 16.6. The lowest BCUT2D eigenvalue weighted by Gasteiger charge is -2.19. The van der Waals surface area contributed by atoms with Crippen molar-refractivity contribution in [1.29, 1.82) is 0 Å². The normalized spacial score (nSPS) is 11.5. The number of rotatable bonds is 31. The molecule has 0 atom stereocenters. The standard InChI is InChI=1S/C29H54O13/c1-26(2)28(31)41-25-24-40-23-22-39-21-20-38-19-18-37-17-16-36-15-14-35-13-12-34-11-10-33-9-8-32-7-6-27(30)42-29(3,4)5/h1,6-25H2,2-5H3. The van der Waals surface area contributed by atoms with Gasteiger partial charge in [0.2, 0.25) is 0 Å². The molecule has 0 N–H and O–H groups in total. The van der Waals surface area contributed by atoms with Crippen LogP contribution in [0.2, 0.25) is 0 Å². The van der Waals surface area contributed by atoms with Crippen LogP contribution in [-0.2, 0) is 61.7 Å². The van der Waals surface area contributed by atoms with E-state index < -0.39 is 11.6 Å². The Labute approximate surface area is 251 Å². The van der Waals surface area contributed by atoms with Crippen molar-refractivity contribution in [1.82, 2.24) is 0 Å². The van der Waals surface area contributed by atoms with Gasteiger partial charge in [-0.05, 0) is 27.7 Å². The van der Waals surface area contributed by atoms with Gasteiger partial charge in [-0.3, -0.25) is 4.79 Å². The van der Waals surface area contributed by atoms with E-state index in [1.54, 1.807) is 6.92 Å². The molecule has 0 aliphatic carbocycles. The Morgan fingerprint density at radius 1 is 0.476 bits per heavy atom. The van der Waals surface area contributed by atoms with Crippen molar-refractivity contribution < 1.29 is 61.7 Å². The van der Waals surface area contributed by atoms with Crippen molar-refractivity contribution >= 4 is 11.9 Å². The summed E-state index contributed by atoms with van der Waals surface area (Å²) in [5.41, 5.74) is -0.108. The predicted molar refractivity (Wildman–Crippen MR) is 154 cm³/mol. The maximum atomic E-state index is 11.5. The topological polar surface area (TPSA) is 136 Å². The van der Waals surface area contributed by atoms with E-state index in [2.05, 4.69) is 6.58 Å². The van der Waals surface area contributed by atoms with E-state index in [1.807, 2.05) is 20.8 Å². The molecule has 0 fully saturated rings. The van der Waals surface area contributed by atoms with Gasteiger partial charge in [-0.25, -0.2) is 4.79 Å². The third-order valence-electron chi connectivity index (χ3n) is 4.66. The van der Waals surface area contributed by atoms with Crippen LogP contribution in [0.3, 0.4) is 0 Å². The predicted octanol–water partition coefficient (Wildman–Crippen LogP) is 1.99. The van der Waals surface area contributed by atoms with E-state index in [9.17, 15) is 9.59 Å². The van der Waals surface area contributed by atoms with Crippen molar-refractivity contribution in [2.24, 2.45) is 0 Å². The van der Waals surface area contributed by atoms with E-state index in [4.69, 9.17) is 52.1 Å². The van der Waals surface area contributed by atoms with Crippen LogP contribution < -0.4 is 0 Å². The molecule has 0 rings (SSSR count). The van der Waals surface area contributed by atoms with Crippen LogP contribution in [0, 0.1) is 0 Å². The lowest BCUT2D eigenvalue weighted by atomic mass is 10.2. The Balaban J connectivity index is 3.13. The molecule has 0 heterocycles. The zero-order valence-electron chi connectivity index (χ0n) is 26.2. The summed E-state index contributed by atoms with van der Waals surface area (Å²) in [5, 5.41) is 0. The first kappa shape index (κ1) is 40.3. The molecule has 0 amide bonds. The molecule has 13 heteroatoms. The molecule has 0 spiro atoms. The van der Waals surface area contributed by atoms with Gasteiger partial charge in [-0.15, -0.1) is 0 Å². The lowest BCUT2D eigenvalue weighted by Crippen LogP contribution is -2.24. The molecule has 0 aromatic rings. The molecule has 0 radical (unpaired) electrons. The van der Waals surface area contributed by atoms with Gasteiger partial charge in [0, 0.05) is 5.57 Å². The molecule has 0 saturated heterocycles. The molecule has 0 unspecified atom stereocenters. The minimum Gasteiger partial charge on any atom is -0.460 e. The van der Waals surface area contributed by atoms with Crippen LogP contribution in [0.25, 0.3) is 0 Å². The first-order valence-corrected chi connectivity index (χ1v) is 14.5. The quantitative estimate of drug-likeness (QED) is 0.0644. The first-order chi connectivity index (χ1) is 20.2. The summed E-state index contributed by atoms with van der Waals surface area (Å²) in [7, 11) is 0. The average molecular weight is 611 g/mol. The van der Waals surface area contributed by atoms with E-state index in [-0.39, 0.29) is 19.0 Å². The van der Waals surface area contributed by atoms with Crippen LogP contribution in [0.15, 0.2) is 12.2 Å². The fourth-order valence-electron chi connectivity index (χ4n) is 2.73. The summed E-state index contributed by atoms with van der Waals surface area (Å²) in [5.74, 6) is -0.684. The van der Waals surface area contributed by atoms with Crippen molar-refractivity contribution in [2.45, 2.75) is 39.7 Å². The number of carbonyl (C=O) groups excluding carboxylic acids is 2. The van der Waals surface area contributed by atoms with Crippen molar-refractivity contribution in [3.63, 3.8) is 0 Å². The molecular formula is C29H54O13. The van der Waals surface area contributed by atoms with Crippen molar-refractivity contribution in [2.75, 3.05) is 126 Å². The van der Waals surface area contributed by atoms with E-state index in [0.717, 1.165) is 0 Å². The Kier molecular flexibility index (Phi) is 28.2. The minimum atomic E-state index is -0.475. The molecule has 0 aliphatic heterocycles. The van der Waals surface area contributed by atoms with Crippen molar-refractivity contribution in [3.8, 4) is 0 Å². The molecule has 0 aromatic heterocycles. The number of ether oxygens (including phenoxy) is 11. The number of carbonyl (C=O) groups is 2. The highest BCUT2D eigenvalue weighted by molar-refractivity contribution is 5.86. The Morgan fingerprint density at radius 2 is 0.738 bits per heavy atom. The van der Waals surface area contributed by atoms with Gasteiger partial charge in [-0.1, -0.05) is 6.58 Å². The fraction of sp³-hybridized carbons (Fsp3) is 0.862. The van der Waals surface area contributed by atoms with Crippen LogP contribution >= 0.6 is 0 Å². The average Bonchev–Trinajstić information content (AvgIpc) is 2.92. The molecule has 0 aromatic carbocycles. The third kappa shape index (κ3) is 32.8. The van der Waals surface area contributed by atoms with Gasteiger partial charge in [0.1, 0.15) is 12.2 Å². The van der Waals surface area contributed by atoms with Gasteiger partial charge in [0.25, 0.3) is 0 Å². The van der Waals surface area contributed by atoms with Crippen molar-refractivity contribution in [3.05, 3.63) is 12.2 Å². The molecule has 0 bridgehead atoms. The van der Waals surface area contributed by atoms with E-state index in [0.29, 0.717) is 124 Å². The second kappa shape index (κ2) is 29.4. The summed E-state index contributed by atoms with van der Waals surface area (Å²) in [6.45, 7) is 18.9. The maximum absolute atomic E-state index is 11.5. The highest BCUT2D eigenvalue weighted by Gasteiger charge is 2.15. The molecular weight excluding hydrogens is 556 g/mol. The summed E-state index contributed by atoms with van der Waals surface area (Å²) < 4.78 is 58.7. The molecule has 13 nitrogen and oxygen atoms in total. The second-order valence-corrected chi connectivity index (χ2v) is 9.76. The molecule has 0 aliphatic rings. The second-order valence-electron chi connectivity index (χ2n) is 9.76. The zero-order valence-corrected chi connectivity index (χ0v) is 26.2. The smallest absolute Gasteiger partial charge is 0.333 e. The SMILES string of the molecule is C=C(C)C(=O)OCCOCCOCCOCCOCCOCCOCCOCCOCCOCCC(=O)OC(C)(C)C. The first-order valence-electron chi connectivity index (χ1n) is 14.5. The van der Waals surface area contributed by atoms with E-state index in [1.165, 1.54) is 0 Å². The monoisotopic (exact) mass is 610 g/mol. The molecule has 0 saturated carbocycles. The Hall–Kier alpha value is -1.68. The zero-order chi connectivity index (χ0) is 31.2. The highest BCUT2D eigenvalue weighted by Crippen LogP contribution is 2.08. The van der Waals surface area contributed by atoms with Gasteiger partial charge < -0.3 is 52.1 Å². The van der Waals surface area contributed by atoms with Gasteiger partial charge in [0.05, 0.1) is 125 Å². The molecule has 42 heavy (non-hydrogen) atoms. The lowest BCUT2D eigenvalue weighted by molar-refractivity contribution is -0.156. The van der Waals surface area contributed by atoms with E-state index >= 15 is 0 Å². The summed E-state index contributed by atoms with van der Waals surface area (Å²) in [6, 6.07) is 0. The minimum absolute atomic E-state index is 0.196. The molecule has 248 valence electrons. The van der Waals surface area contributed by atoms with Gasteiger partial charge in [0.15, 0.2) is 0 Å². The summed E-state index contributed by atoms with van der Waals surface area (Å²) >= 11 is 0. The number of hydrogen-bond acceptors (Lipinski definition) is 13. The maximum Gasteiger partial charge on any atom is 0.333 e. The van der Waals surface area contributed by atoms with Crippen LogP contribution in [0.1, 0.15) is 34.1 Å². The number of hydrogen-bond donors (Lipinski definition) is 0. The van der Waals surface area contributed by atoms with Crippen LogP contribution in [-0.4, -0.2) is 143 Å². The Morgan fingerprint density at radius 3 is 1.00 bits per heavy atom. The third-order valence-corrected chi connectivity index (χ3v) is 4.66. The fourth-order valence-corrected chi connectivity index (χ4v) is 2.73. The van der Waals surface area contributed by atoms with Crippen LogP contribution in [0.5, 0.6) is 0 Å².